The minimum absolute atomic E-state index is 0.692. The number of aryl methyl sites for hydroxylation is 1. The quantitative estimate of drug-likeness (QED) is 0.766. The summed E-state index contributed by atoms with van der Waals surface area (Å²) in [5, 5.41) is 4.11. The van der Waals surface area contributed by atoms with Crippen LogP contribution in [0, 0.1) is 11.8 Å². The molecule has 0 bridgehead atoms. The van der Waals surface area contributed by atoms with Crippen LogP contribution in [-0.2, 0) is 13.6 Å². The molecular formula is C14H24N4. The van der Waals surface area contributed by atoms with Gasteiger partial charge in [0, 0.05) is 13.6 Å². The third-order valence-corrected chi connectivity index (χ3v) is 4.08. The Labute approximate surface area is 110 Å². The number of aromatic nitrogens is 3. The highest BCUT2D eigenvalue weighted by Crippen LogP contribution is 2.30. The number of hydrogen-bond acceptors (Lipinski definition) is 3. The zero-order valence-corrected chi connectivity index (χ0v) is 11.9. The van der Waals surface area contributed by atoms with Crippen molar-refractivity contribution in [2.24, 2.45) is 18.9 Å². The Morgan fingerprint density at radius 3 is 2.89 bits per heavy atom. The highest BCUT2D eigenvalue weighted by molar-refractivity contribution is 5.09. The van der Waals surface area contributed by atoms with Gasteiger partial charge in [-0.15, -0.1) is 0 Å². The molecule has 0 N–H and O–H groups in total. The highest BCUT2D eigenvalue weighted by Gasteiger charge is 2.23. The van der Waals surface area contributed by atoms with E-state index in [2.05, 4.69) is 42.0 Å². The topological polar surface area (TPSA) is 34.0 Å². The first kappa shape index (κ1) is 13.3. The first-order valence-electron chi connectivity index (χ1n) is 6.76. The second-order valence-electron chi connectivity index (χ2n) is 5.61. The lowest BCUT2D eigenvalue weighted by Crippen LogP contribution is -2.31. The summed E-state index contributed by atoms with van der Waals surface area (Å²) in [6.45, 7) is 6.62. The van der Waals surface area contributed by atoms with Crippen LogP contribution in [0.15, 0.2) is 18.0 Å². The van der Waals surface area contributed by atoms with Gasteiger partial charge in [-0.25, -0.2) is 4.98 Å². The Kier molecular flexibility index (Phi) is 4.17. The van der Waals surface area contributed by atoms with E-state index in [1.165, 1.54) is 12.8 Å². The van der Waals surface area contributed by atoms with Crippen LogP contribution in [0.5, 0.6) is 0 Å². The lowest BCUT2D eigenvalue weighted by atomic mass is 9.80. The molecule has 18 heavy (non-hydrogen) atoms. The Hall–Kier alpha value is -1.16. The molecule has 4 nitrogen and oxygen atoms in total. The summed E-state index contributed by atoms with van der Waals surface area (Å²) in [4.78, 5) is 6.64. The zero-order chi connectivity index (χ0) is 13.1. The van der Waals surface area contributed by atoms with Gasteiger partial charge in [0.1, 0.15) is 12.2 Å². The third-order valence-electron chi connectivity index (χ3n) is 4.08. The third kappa shape index (κ3) is 2.99. The Bertz CT molecular complexity index is 421. The SMILES string of the molecule is CC1=CCCC(C)C1CN(C)Cc1ncnn1C. The molecule has 1 aliphatic rings. The van der Waals surface area contributed by atoms with Crippen molar-refractivity contribution in [1.82, 2.24) is 19.7 Å². The van der Waals surface area contributed by atoms with Gasteiger partial charge in [0.25, 0.3) is 0 Å². The number of hydrogen-bond donors (Lipinski definition) is 0. The fraction of sp³-hybridized carbons (Fsp3) is 0.714. The molecule has 2 atom stereocenters. The van der Waals surface area contributed by atoms with Crippen LogP contribution in [0.1, 0.15) is 32.5 Å². The summed E-state index contributed by atoms with van der Waals surface area (Å²) < 4.78 is 1.85. The number of rotatable bonds is 4. The molecule has 4 heteroatoms. The van der Waals surface area contributed by atoms with Crippen LogP contribution in [0.2, 0.25) is 0 Å². The number of allylic oxidation sites excluding steroid dienone is 1. The molecule has 1 aromatic rings. The molecule has 0 fully saturated rings. The molecule has 0 amide bonds. The second-order valence-corrected chi connectivity index (χ2v) is 5.61. The highest BCUT2D eigenvalue weighted by atomic mass is 15.3. The van der Waals surface area contributed by atoms with Gasteiger partial charge in [-0.1, -0.05) is 18.6 Å². The van der Waals surface area contributed by atoms with Crippen molar-refractivity contribution >= 4 is 0 Å². The van der Waals surface area contributed by atoms with Gasteiger partial charge in [0.05, 0.1) is 6.54 Å². The van der Waals surface area contributed by atoms with Crippen molar-refractivity contribution < 1.29 is 0 Å². The largest absolute Gasteiger partial charge is 0.298 e. The molecule has 0 saturated carbocycles. The maximum Gasteiger partial charge on any atom is 0.140 e. The van der Waals surface area contributed by atoms with E-state index < -0.39 is 0 Å². The minimum atomic E-state index is 0.692. The fourth-order valence-electron chi connectivity index (χ4n) is 2.80. The van der Waals surface area contributed by atoms with Gasteiger partial charge in [0.2, 0.25) is 0 Å². The van der Waals surface area contributed by atoms with E-state index in [1.807, 2.05) is 11.7 Å². The van der Waals surface area contributed by atoms with Crippen molar-refractivity contribution in [1.29, 1.82) is 0 Å². The van der Waals surface area contributed by atoms with Crippen molar-refractivity contribution in [3.63, 3.8) is 0 Å². The van der Waals surface area contributed by atoms with Gasteiger partial charge in [0.15, 0.2) is 0 Å². The Morgan fingerprint density at radius 2 is 2.28 bits per heavy atom. The molecule has 1 heterocycles. The summed E-state index contributed by atoms with van der Waals surface area (Å²) in [6, 6.07) is 0. The van der Waals surface area contributed by atoms with Crippen molar-refractivity contribution in [3.8, 4) is 0 Å². The summed E-state index contributed by atoms with van der Waals surface area (Å²) >= 11 is 0. The minimum Gasteiger partial charge on any atom is -0.298 e. The molecule has 0 spiro atoms. The van der Waals surface area contributed by atoms with Crippen LogP contribution in [0.4, 0.5) is 0 Å². The standard InChI is InChI=1S/C14H24N4/c1-11-6-5-7-12(2)13(11)8-17(3)9-14-15-10-16-18(14)4/h6,10,12-13H,5,7-9H2,1-4H3. The smallest absolute Gasteiger partial charge is 0.140 e. The van der Waals surface area contributed by atoms with Gasteiger partial charge in [-0.2, -0.15) is 5.10 Å². The van der Waals surface area contributed by atoms with Gasteiger partial charge in [-0.05, 0) is 38.6 Å². The molecule has 100 valence electrons. The lowest BCUT2D eigenvalue weighted by molar-refractivity contribution is 0.228. The first-order valence-corrected chi connectivity index (χ1v) is 6.76. The van der Waals surface area contributed by atoms with Crippen LogP contribution in [0.3, 0.4) is 0 Å². The van der Waals surface area contributed by atoms with Crippen LogP contribution >= 0.6 is 0 Å². The molecule has 1 aromatic heterocycles. The molecule has 1 aliphatic carbocycles. The van der Waals surface area contributed by atoms with Gasteiger partial charge < -0.3 is 0 Å². The van der Waals surface area contributed by atoms with E-state index in [9.17, 15) is 0 Å². The average Bonchev–Trinajstić information content (AvgIpc) is 2.70. The molecular weight excluding hydrogens is 224 g/mol. The van der Waals surface area contributed by atoms with Gasteiger partial charge in [-0.3, -0.25) is 9.58 Å². The Morgan fingerprint density at radius 1 is 1.50 bits per heavy atom. The maximum atomic E-state index is 4.28. The molecule has 2 rings (SSSR count). The van der Waals surface area contributed by atoms with E-state index in [0.717, 1.165) is 24.8 Å². The molecule has 0 radical (unpaired) electrons. The molecule has 0 saturated heterocycles. The van der Waals surface area contributed by atoms with Crippen molar-refractivity contribution in [2.45, 2.75) is 33.2 Å². The molecule has 0 aromatic carbocycles. The lowest BCUT2D eigenvalue weighted by Gasteiger charge is -2.32. The molecule has 2 unspecified atom stereocenters. The zero-order valence-electron chi connectivity index (χ0n) is 11.9. The Balaban J connectivity index is 1.94. The van der Waals surface area contributed by atoms with E-state index in [0.29, 0.717) is 5.92 Å². The van der Waals surface area contributed by atoms with E-state index >= 15 is 0 Å². The first-order chi connectivity index (χ1) is 8.58. The summed E-state index contributed by atoms with van der Waals surface area (Å²) in [5.41, 5.74) is 1.55. The summed E-state index contributed by atoms with van der Waals surface area (Å²) in [7, 11) is 4.12. The summed E-state index contributed by atoms with van der Waals surface area (Å²) in [6.07, 6.45) is 6.59. The van der Waals surface area contributed by atoms with E-state index in [-0.39, 0.29) is 0 Å². The normalized spacial score (nSPS) is 24.4. The van der Waals surface area contributed by atoms with Crippen LogP contribution in [-0.4, -0.2) is 33.3 Å². The fourth-order valence-corrected chi connectivity index (χ4v) is 2.80. The van der Waals surface area contributed by atoms with E-state index in [4.69, 9.17) is 0 Å². The van der Waals surface area contributed by atoms with Gasteiger partial charge >= 0.3 is 0 Å². The maximum absolute atomic E-state index is 4.28. The van der Waals surface area contributed by atoms with E-state index in [1.54, 1.807) is 11.9 Å². The predicted octanol–water partition coefficient (Wildman–Crippen LogP) is 2.24. The summed E-state index contributed by atoms with van der Waals surface area (Å²) in [5.74, 6) is 2.51. The second kappa shape index (κ2) is 5.65. The monoisotopic (exact) mass is 248 g/mol. The van der Waals surface area contributed by atoms with Crippen molar-refractivity contribution in [2.75, 3.05) is 13.6 Å². The van der Waals surface area contributed by atoms with Crippen LogP contribution < -0.4 is 0 Å². The average molecular weight is 248 g/mol. The molecule has 0 aliphatic heterocycles. The number of nitrogens with zero attached hydrogens (tertiary/aromatic N) is 4. The predicted molar refractivity (Wildman–Crippen MR) is 73.0 cm³/mol. The van der Waals surface area contributed by atoms with Crippen molar-refractivity contribution in [3.05, 3.63) is 23.8 Å². The van der Waals surface area contributed by atoms with Crippen LogP contribution in [0.25, 0.3) is 0 Å².